The van der Waals surface area contributed by atoms with Crippen LogP contribution in [0.4, 0.5) is 0 Å². The zero-order chi connectivity index (χ0) is 22.5. The van der Waals surface area contributed by atoms with Crippen molar-refractivity contribution < 1.29 is 19.5 Å². The van der Waals surface area contributed by atoms with Gasteiger partial charge in [-0.2, -0.15) is 0 Å². The van der Waals surface area contributed by atoms with Gasteiger partial charge in [0.2, 0.25) is 11.8 Å². The van der Waals surface area contributed by atoms with Crippen molar-refractivity contribution in [3.63, 3.8) is 0 Å². The lowest BCUT2D eigenvalue weighted by molar-refractivity contribution is -0.151. The Morgan fingerprint density at radius 1 is 1.06 bits per heavy atom. The van der Waals surface area contributed by atoms with Gasteiger partial charge in [0.05, 0.1) is 24.0 Å². The van der Waals surface area contributed by atoms with Gasteiger partial charge in [0, 0.05) is 26.2 Å². The fourth-order valence-electron chi connectivity index (χ4n) is 5.38. The smallest absolute Gasteiger partial charge is 0.247 e. The van der Waals surface area contributed by atoms with Crippen LogP contribution >= 0.6 is 0 Å². The fourth-order valence-corrected chi connectivity index (χ4v) is 5.38. The highest BCUT2D eigenvalue weighted by Gasteiger charge is 2.42. The van der Waals surface area contributed by atoms with Crippen LogP contribution in [0.15, 0.2) is 36.4 Å². The van der Waals surface area contributed by atoms with E-state index in [1.807, 2.05) is 23.1 Å². The molecule has 1 saturated heterocycles. The van der Waals surface area contributed by atoms with Crippen molar-refractivity contribution >= 4 is 17.4 Å². The number of carbonyl (C=O) groups is 2. The molecular weight excluding hydrogens is 406 g/mol. The Morgan fingerprint density at radius 2 is 1.81 bits per heavy atom. The fraction of sp³-hybridized carbons (Fsp3) is 0.600. The molecule has 0 aromatic heterocycles. The molecule has 174 valence electrons. The predicted octanol–water partition coefficient (Wildman–Crippen LogP) is 2.70. The zero-order valence-corrected chi connectivity index (χ0v) is 18.9. The second kappa shape index (κ2) is 10.6. The van der Waals surface area contributed by atoms with Gasteiger partial charge in [0.25, 0.3) is 0 Å². The van der Waals surface area contributed by atoms with Gasteiger partial charge in [-0.15, -0.1) is 0 Å². The number of nitrogens with zero attached hydrogens (tertiary/aromatic N) is 2. The number of carbonyl (C=O) groups excluding carboxylic acids is 2. The Balaban J connectivity index is 1.35. The molecule has 2 amide bonds. The standard InChI is InChI=1S/C25H35N3O4/c1-2-27-13-11-20(12-14-27)32-21-8-9-22(23(16-21)24(29)26-31)25(30)28-15-10-19(17-28)18-6-4-3-5-7-18/h3-7,10,20-23,31H,2,8-9,11-17H2,1H3,(H,26,29)/t21-,22+,23+/m1/s1. The summed E-state index contributed by atoms with van der Waals surface area (Å²) in [6.45, 7) is 6.44. The Hall–Kier alpha value is -2.22. The van der Waals surface area contributed by atoms with E-state index in [1.165, 1.54) is 0 Å². The number of benzene rings is 1. The molecule has 3 atom stereocenters. The Bertz CT molecular complexity index is 820. The van der Waals surface area contributed by atoms with Crippen LogP contribution in [0.25, 0.3) is 5.57 Å². The van der Waals surface area contributed by atoms with Gasteiger partial charge >= 0.3 is 0 Å². The molecule has 0 spiro atoms. The molecule has 2 fully saturated rings. The minimum Gasteiger partial charge on any atom is -0.375 e. The number of rotatable bonds is 6. The number of ether oxygens (including phenoxy) is 1. The summed E-state index contributed by atoms with van der Waals surface area (Å²) in [6.07, 6.45) is 6.12. The highest BCUT2D eigenvalue weighted by atomic mass is 16.5. The van der Waals surface area contributed by atoms with Crippen LogP contribution in [0.5, 0.6) is 0 Å². The number of piperidine rings is 1. The van der Waals surface area contributed by atoms with Crippen molar-refractivity contribution in [3.8, 4) is 0 Å². The third-order valence-electron chi connectivity index (χ3n) is 7.31. The third-order valence-corrected chi connectivity index (χ3v) is 7.31. The highest BCUT2D eigenvalue weighted by molar-refractivity contribution is 5.89. The molecule has 4 rings (SSSR count). The maximum atomic E-state index is 13.4. The molecule has 2 heterocycles. The molecule has 1 aromatic carbocycles. The predicted molar refractivity (Wildman–Crippen MR) is 122 cm³/mol. The van der Waals surface area contributed by atoms with Crippen LogP contribution in [0, 0.1) is 11.8 Å². The summed E-state index contributed by atoms with van der Waals surface area (Å²) in [6, 6.07) is 10.1. The number of amides is 2. The SMILES string of the molecule is CCN1CCC(O[C@@H]2CC[C@H](C(=O)N3CC=C(c4ccccc4)C3)[C@@H](C(=O)NO)C2)CC1. The minimum absolute atomic E-state index is 0.00418. The summed E-state index contributed by atoms with van der Waals surface area (Å²) in [7, 11) is 0. The van der Waals surface area contributed by atoms with Crippen LogP contribution in [0.2, 0.25) is 0 Å². The van der Waals surface area contributed by atoms with E-state index >= 15 is 0 Å². The van der Waals surface area contributed by atoms with Crippen molar-refractivity contribution in [3.05, 3.63) is 42.0 Å². The summed E-state index contributed by atoms with van der Waals surface area (Å²) < 4.78 is 6.35. The molecule has 3 aliphatic rings. The van der Waals surface area contributed by atoms with Gasteiger partial charge in [-0.1, -0.05) is 43.3 Å². The first-order valence-corrected chi connectivity index (χ1v) is 11.9. The van der Waals surface area contributed by atoms with Gasteiger partial charge in [-0.25, -0.2) is 5.48 Å². The molecule has 1 aromatic rings. The first kappa shape index (κ1) is 23.0. The second-order valence-electron chi connectivity index (χ2n) is 9.21. The van der Waals surface area contributed by atoms with Crippen molar-refractivity contribution in [2.24, 2.45) is 11.8 Å². The van der Waals surface area contributed by atoms with E-state index in [1.54, 1.807) is 5.48 Å². The molecule has 2 aliphatic heterocycles. The average Bonchev–Trinajstić information content (AvgIpc) is 3.34. The quantitative estimate of drug-likeness (QED) is 0.524. The Labute approximate surface area is 190 Å². The first-order chi connectivity index (χ1) is 15.6. The lowest BCUT2D eigenvalue weighted by Gasteiger charge is -2.39. The lowest BCUT2D eigenvalue weighted by Crippen LogP contribution is -2.48. The van der Waals surface area contributed by atoms with Crippen molar-refractivity contribution in [1.29, 1.82) is 0 Å². The Morgan fingerprint density at radius 3 is 2.50 bits per heavy atom. The maximum absolute atomic E-state index is 13.4. The molecule has 1 saturated carbocycles. The van der Waals surface area contributed by atoms with Gasteiger partial charge < -0.3 is 14.5 Å². The molecule has 7 nitrogen and oxygen atoms in total. The first-order valence-electron chi connectivity index (χ1n) is 11.9. The average molecular weight is 442 g/mol. The number of likely N-dealkylation sites (tertiary alicyclic amines) is 1. The van der Waals surface area contributed by atoms with E-state index in [-0.39, 0.29) is 18.1 Å². The Kier molecular flexibility index (Phi) is 7.60. The van der Waals surface area contributed by atoms with Crippen LogP contribution in [-0.2, 0) is 14.3 Å². The van der Waals surface area contributed by atoms with Crippen LogP contribution < -0.4 is 5.48 Å². The van der Waals surface area contributed by atoms with Gasteiger partial charge in [-0.3, -0.25) is 14.8 Å². The van der Waals surface area contributed by atoms with Gasteiger partial charge in [0.1, 0.15) is 0 Å². The molecule has 0 radical (unpaired) electrons. The summed E-state index contributed by atoms with van der Waals surface area (Å²) in [5.74, 6) is -1.47. The molecule has 2 N–H and O–H groups in total. The van der Waals surface area contributed by atoms with E-state index in [2.05, 4.69) is 30.0 Å². The van der Waals surface area contributed by atoms with Gasteiger partial charge in [-0.05, 0) is 49.8 Å². The number of nitrogens with one attached hydrogen (secondary N) is 1. The van der Waals surface area contributed by atoms with Crippen molar-refractivity contribution in [2.75, 3.05) is 32.7 Å². The molecule has 0 unspecified atom stereocenters. The van der Waals surface area contributed by atoms with Crippen LogP contribution in [-0.4, -0.2) is 71.8 Å². The van der Waals surface area contributed by atoms with Gasteiger partial charge in [0.15, 0.2) is 0 Å². The third kappa shape index (κ3) is 5.22. The minimum atomic E-state index is -0.567. The summed E-state index contributed by atoms with van der Waals surface area (Å²) in [4.78, 5) is 30.1. The monoisotopic (exact) mass is 441 g/mol. The summed E-state index contributed by atoms with van der Waals surface area (Å²) >= 11 is 0. The second-order valence-corrected chi connectivity index (χ2v) is 9.21. The number of hydrogen-bond donors (Lipinski definition) is 2. The highest BCUT2D eigenvalue weighted by Crippen LogP contribution is 2.36. The maximum Gasteiger partial charge on any atom is 0.247 e. The number of hydroxylamine groups is 1. The van der Waals surface area contributed by atoms with E-state index in [0.717, 1.165) is 50.0 Å². The molecule has 32 heavy (non-hydrogen) atoms. The van der Waals surface area contributed by atoms with E-state index in [9.17, 15) is 14.8 Å². The van der Waals surface area contributed by atoms with Crippen LogP contribution in [0.1, 0.15) is 44.6 Å². The molecule has 7 heteroatoms. The summed E-state index contributed by atoms with van der Waals surface area (Å²) in [5.41, 5.74) is 4.06. The topological polar surface area (TPSA) is 82.1 Å². The van der Waals surface area contributed by atoms with Crippen molar-refractivity contribution in [2.45, 2.75) is 51.2 Å². The number of hydrogen-bond acceptors (Lipinski definition) is 5. The zero-order valence-electron chi connectivity index (χ0n) is 18.9. The molecule has 0 bridgehead atoms. The molecular formula is C25H35N3O4. The van der Waals surface area contributed by atoms with E-state index in [4.69, 9.17) is 4.74 Å². The molecule has 1 aliphatic carbocycles. The van der Waals surface area contributed by atoms with E-state index < -0.39 is 17.7 Å². The normalized spacial score (nSPS) is 27.2. The summed E-state index contributed by atoms with van der Waals surface area (Å²) in [5, 5.41) is 9.33. The largest absolute Gasteiger partial charge is 0.375 e. The van der Waals surface area contributed by atoms with E-state index in [0.29, 0.717) is 25.9 Å². The van der Waals surface area contributed by atoms with Crippen LogP contribution in [0.3, 0.4) is 0 Å². The lowest BCUT2D eigenvalue weighted by atomic mass is 9.76. The van der Waals surface area contributed by atoms with Crippen molar-refractivity contribution in [1.82, 2.24) is 15.3 Å².